The van der Waals surface area contributed by atoms with Crippen LogP contribution in [0.5, 0.6) is 0 Å². The van der Waals surface area contributed by atoms with Crippen molar-refractivity contribution < 1.29 is 14.2 Å². The van der Waals surface area contributed by atoms with Gasteiger partial charge in [0.25, 0.3) is 0 Å². The van der Waals surface area contributed by atoms with Crippen LogP contribution in [-0.2, 0) is 14.2 Å². The summed E-state index contributed by atoms with van der Waals surface area (Å²) in [6.07, 6.45) is -0.170. The summed E-state index contributed by atoms with van der Waals surface area (Å²) >= 11 is 0. The summed E-state index contributed by atoms with van der Waals surface area (Å²) in [4.78, 5) is 8.31. The van der Waals surface area contributed by atoms with E-state index in [0.29, 0.717) is 13.2 Å². The molecule has 152 valence electrons. The second-order valence-electron chi connectivity index (χ2n) is 7.09. The van der Waals surface area contributed by atoms with Crippen LogP contribution >= 0.6 is 0 Å². The van der Waals surface area contributed by atoms with Gasteiger partial charge < -0.3 is 14.2 Å². The van der Waals surface area contributed by atoms with E-state index in [1.54, 1.807) is 0 Å². The van der Waals surface area contributed by atoms with Crippen LogP contribution in [0, 0.1) is 0 Å². The van der Waals surface area contributed by atoms with E-state index in [9.17, 15) is 0 Å². The van der Waals surface area contributed by atoms with Crippen LogP contribution in [0.1, 0.15) is 41.5 Å². The molecule has 0 aliphatic heterocycles. The predicted molar refractivity (Wildman–Crippen MR) is 103 cm³/mol. The molecule has 0 rings (SSSR count). The fourth-order valence-corrected chi connectivity index (χ4v) is 2.70. The van der Waals surface area contributed by atoms with Gasteiger partial charge in [0.15, 0.2) is 11.7 Å². The number of ether oxygens (including phenoxy) is 3. The smallest absolute Gasteiger partial charge is 0.181 e. The second kappa shape index (κ2) is 10.2. The van der Waals surface area contributed by atoms with Gasteiger partial charge in [0, 0.05) is 13.2 Å². The third kappa shape index (κ3) is 5.85. The van der Waals surface area contributed by atoms with Crippen molar-refractivity contribution in [3.8, 4) is 0 Å². The normalized spacial score (nSPS) is 20.2. The number of rotatable bonds is 12. The third-order valence-corrected chi connectivity index (χ3v) is 5.26. The molecule has 0 N–H and O–H groups in total. The fourth-order valence-electron chi connectivity index (χ4n) is 2.70. The second-order valence-corrected chi connectivity index (χ2v) is 7.09. The average molecular weight is 363 g/mol. The highest BCUT2D eigenvalue weighted by Gasteiger charge is 2.46. The van der Waals surface area contributed by atoms with E-state index in [4.69, 9.17) is 14.2 Å². The van der Waals surface area contributed by atoms with Crippen molar-refractivity contribution in [1.29, 1.82) is 0 Å². The van der Waals surface area contributed by atoms with E-state index >= 15 is 0 Å². The maximum absolute atomic E-state index is 6.75. The Morgan fingerprint density at radius 2 is 0.960 bits per heavy atom. The number of hydrogen-bond donors (Lipinski definition) is 0. The molecule has 0 spiro atoms. The zero-order valence-corrected chi connectivity index (χ0v) is 18.6. The van der Waals surface area contributed by atoms with Crippen LogP contribution in [0.3, 0.4) is 0 Å². The standard InChI is InChI=1S/C18H42N4O3/c1-13-23-15(3)21(11)17(5,19(7)8)25-18(6,20(9)10)22(12)16(4)24-14-2/h15-16H,13-14H2,1-12H3. The lowest BCUT2D eigenvalue weighted by molar-refractivity contribution is -0.369. The van der Waals surface area contributed by atoms with Gasteiger partial charge in [-0.25, -0.2) is 9.80 Å². The number of nitrogens with zero attached hydrogens (tertiary/aromatic N) is 4. The van der Waals surface area contributed by atoms with Crippen molar-refractivity contribution in [2.45, 2.75) is 65.7 Å². The van der Waals surface area contributed by atoms with E-state index in [1.165, 1.54) is 0 Å². The molecule has 0 aromatic carbocycles. The molecule has 0 saturated heterocycles. The Kier molecular flexibility index (Phi) is 10.0. The van der Waals surface area contributed by atoms with Gasteiger partial charge in [0.2, 0.25) is 0 Å². The van der Waals surface area contributed by atoms with Gasteiger partial charge in [0.05, 0.1) is 0 Å². The SMILES string of the molecule is CCOC(C)N(C)C(C)(OC(C)(N(C)C)N(C)C(C)OCC)N(C)C. The van der Waals surface area contributed by atoms with Gasteiger partial charge in [0.1, 0.15) is 12.5 Å². The summed E-state index contributed by atoms with van der Waals surface area (Å²) < 4.78 is 18.3. The minimum atomic E-state index is -0.687. The molecule has 25 heavy (non-hydrogen) atoms. The summed E-state index contributed by atoms with van der Waals surface area (Å²) in [5, 5.41) is 0. The van der Waals surface area contributed by atoms with Crippen molar-refractivity contribution in [3.63, 3.8) is 0 Å². The Bertz CT molecular complexity index is 349. The summed E-state index contributed by atoms with van der Waals surface area (Å²) in [6.45, 7) is 13.5. The Hall–Kier alpha value is -0.280. The highest BCUT2D eigenvalue weighted by Crippen LogP contribution is 2.31. The van der Waals surface area contributed by atoms with Gasteiger partial charge in [-0.15, -0.1) is 0 Å². The van der Waals surface area contributed by atoms with Gasteiger partial charge in [-0.3, -0.25) is 9.80 Å². The topological polar surface area (TPSA) is 40.7 Å². The molecular weight excluding hydrogens is 320 g/mol. The molecule has 0 aromatic heterocycles. The Morgan fingerprint density at radius 1 is 0.680 bits per heavy atom. The first-order valence-corrected chi connectivity index (χ1v) is 9.12. The fraction of sp³-hybridized carbons (Fsp3) is 1.00. The molecule has 4 atom stereocenters. The zero-order chi connectivity index (χ0) is 20.0. The van der Waals surface area contributed by atoms with Crippen molar-refractivity contribution in [3.05, 3.63) is 0 Å². The zero-order valence-electron chi connectivity index (χ0n) is 18.6. The van der Waals surface area contributed by atoms with E-state index < -0.39 is 11.7 Å². The minimum Gasteiger partial charge on any atom is -0.364 e. The maximum atomic E-state index is 6.75. The molecule has 4 unspecified atom stereocenters. The molecule has 7 nitrogen and oxygen atoms in total. The lowest BCUT2D eigenvalue weighted by atomic mass is 10.3. The molecule has 0 aliphatic carbocycles. The van der Waals surface area contributed by atoms with Crippen LogP contribution in [0.25, 0.3) is 0 Å². The van der Waals surface area contributed by atoms with Crippen LogP contribution < -0.4 is 0 Å². The molecule has 0 heterocycles. The van der Waals surface area contributed by atoms with E-state index in [-0.39, 0.29) is 12.5 Å². The summed E-state index contributed by atoms with van der Waals surface area (Å²) in [6, 6.07) is 0. The largest absolute Gasteiger partial charge is 0.364 e. The maximum Gasteiger partial charge on any atom is 0.181 e. The first-order chi connectivity index (χ1) is 11.4. The predicted octanol–water partition coefficient (Wildman–Crippen LogP) is 2.10. The molecule has 0 fully saturated rings. The molecule has 0 amide bonds. The van der Waals surface area contributed by atoms with E-state index in [2.05, 4.69) is 33.4 Å². The Balaban J connectivity index is 5.73. The van der Waals surface area contributed by atoms with Gasteiger partial charge in [-0.05, 0) is 83.8 Å². The van der Waals surface area contributed by atoms with Crippen molar-refractivity contribution in [2.75, 3.05) is 55.5 Å². The van der Waals surface area contributed by atoms with Gasteiger partial charge >= 0.3 is 0 Å². The highest BCUT2D eigenvalue weighted by atomic mass is 16.6. The van der Waals surface area contributed by atoms with Gasteiger partial charge in [-0.2, -0.15) is 0 Å². The molecule has 0 aliphatic rings. The highest BCUT2D eigenvalue weighted by molar-refractivity contribution is 4.81. The Morgan fingerprint density at radius 3 is 1.16 bits per heavy atom. The van der Waals surface area contributed by atoms with Crippen molar-refractivity contribution in [2.24, 2.45) is 0 Å². The van der Waals surface area contributed by atoms with Gasteiger partial charge in [-0.1, -0.05) is 0 Å². The first kappa shape index (κ1) is 24.7. The molecule has 0 saturated carbocycles. The third-order valence-electron chi connectivity index (χ3n) is 5.26. The molecule has 0 bridgehead atoms. The summed E-state index contributed by atoms with van der Waals surface area (Å²) in [5.74, 6) is -1.37. The lowest BCUT2D eigenvalue weighted by Crippen LogP contribution is -2.69. The molecule has 0 aromatic rings. The van der Waals surface area contributed by atoms with Crippen LogP contribution in [0.4, 0.5) is 0 Å². The Labute approximate surface area is 155 Å². The summed E-state index contributed by atoms with van der Waals surface area (Å²) in [7, 11) is 12.1. The minimum absolute atomic E-state index is 0.0848. The van der Waals surface area contributed by atoms with Crippen LogP contribution in [-0.4, -0.2) is 99.3 Å². The van der Waals surface area contributed by atoms with Crippen LogP contribution in [0.15, 0.2) is 0 Å². The molecular formula is C18H42N4O3. The van der Waals surface area contributed by atoms with Crippen LogP contribution in [0.2, 0.25) is 0 Å². The monoisotopic (exact) mass is 362 g/mol. The lowest BCUT2D eigenvalue weighted by Gasteiger charge is -2.54. The molecule has 7 heteroatoms. The van der Waals surface area contributed by atoms with E-state index in [0.717, 1.165) is 0 Å². The summed E-state index contributed by atoms with van der Waals surface area (Å²) in [5.41, 5.74) is 0. The quantitative estimate of drug-likeness (QED) is 0.492. The number of hydrogen-bond acceptors (Lipinski definition) is 7. The average Bonchev–Trinajstić information content (AvgIpc) is 2.52. The van der Waals surface area contributed by atoms with E-state index in [1.807, 2.05) is 70.0 Å². The van der Waals surface area contributed by atoms with Crippen molar-refractivity contribution >= 4 is 0 Å². The van der Waals surface area contributed by atoms with Crippen molar-refractivity contribution in [1.82, 2.24) is 19.6 Å². The first-order valence-electron chi connectivity index (χ1n) is 9.12. The molecule has 0 radical (unpaired) electrons.